The highest BCUT2D eigenvalue weighted by Crippen LogP contribution is 2.33. The molecule has 1 aliphatic rings. The normalized spacial score (nSPS) is 21.0. The third-order valence-corrected chi connectivity index (χ3v) is 4.99. The van der Waals surface area contributed by atoms with E-state index in [2.05, 4.69) is 31.2 Å². The highest BCUT2D eigenvalue weighted by Gasteiger charge is 2.36. The van der Waals surface area contributed by atoms with Crippen molar-refractivity contribution in [2.75, 3.05) is 13.7 Å². The molecule has 3 atom stereocenters. The predicted octanol–water partition coefficient (Wildman–Crippen LogP) is 3.87. The molecule has 0 aliphatic carbocycles. The van der Waals surface area contributed by atoms with Gasteiger partial charge < -0.3 is 14.4 Å². The summed E-state index contributed by atoms with van der Waals surface area (Å²) >= 11 is 0. The number of amides is 1. The van der Waals surface area contributed by atoms with Gasteiger partial charge in [-0.1, -0.05) is 30.3 Å². The van der Waals surface area contributed by atoms with E-state index in [1.165, 1.54) is 5.56 Å². The Labute approximate surface area is 149 Å². The standard InChI is InChI=1S/C21H25NO3/c1-15-20(17-7-5-4-6-8-17)13-14-22(15)21(23)16(2)25-19-11-9-18(24-3)10-12-19/h4-12,15-16,20H,13-14H2,1-3H3. The van der Waals surface area contributed by atoms with Gasteiger partial charge in [0, 0.05) is 18.5 Å². The highest BCUT2D eigenvalue weighted by molar-refractivity contribution is 5.81. The average Bonchev–Trinajstić information content (AvgIpc) is 3.03. The number of ether oxygens (including phenoxy) is 2. The van der Waals surface area contributed by atoms with Crippen molar-refractivity contribution in [3.05, 3.63) is 60.2 Å². The van der Waals surface area contributed by atoms with Gasteiger partial charge in [-0.3, -0.25) is 4.79 Å². The van der Waals surface area contributed by atoms with Crippen LogP contribution in [-0.2, 0) is 4.79 Å². The Morgan fingerprint density at radius 3 is 2.36 bits per heavy atom. The highest BCUT2D eigenvalue weighted by atomic mass is 16.5. The van der Waals surface area contributed by atoms with E-state index in [1.54, 1.807) is 7.11 Å². The Balaban J connectivity index is 1.64. The molecule has 3 unspecified atom stereocenters. The lowest BCUT2D eigenvalue weighted by atomic mass is 9.93. The largest absolute Gasteiger partial charge is 0.497 e. The van der Waals surface area contributed by atoms with Crippen molar-refractivity contribution in [2.24, 2.45) is 0 Å². The SMILES string of the molecule is COc1ccc(OC(C)C(=O)N2CCC(c3ccccc3)C2C)cc1. The predicted molar refractivity (Wildman–Crippen MR) is 98.1 cm³/mol. The van der Waals surface area contributed by atoms with Gasteiger partial charge in [0.25, 0.3) is 5.91 Å². The van der Waals surface area contributed by atoms with E-state index in [4.69, 9.17) is 9.47 Å². The second kappa shape index (κ2) is 7.60. The van der Waals surface area contributed by atoms with E-state index in [9.17, 15) is 4.79 Å². The molecule has 0 spiro atoms. The summed E-state index contributed by atoms with van der Waals surface area (Å²) in [5.74, 6) is 1.87. The molecule has 0 N–H and O–H groups in total. The van der Waals surface area contributed by atoms with Crippen molar-refractivity contribution in [2.45, 2.75) is 38.3 Å². The third kappa shape index (κ3) is 3.78. The third-order valence-electron chi connectivity index (χ3n) is 4.99. The molecule has 1 amide bonds. The molecule has 2 aromatic carbocycles. The Morgan fingerprint density at radius 1 is 1.08 bits per heavy atom. The molecule has 1 fully saturated rings. The van der Waals surface area contributed by atoms with Crippen LogP contribution >= 0.6 is 0 Å². The van der Waals surface area contributed by atoms with Gasteiger partial charge in [0.05, 0.1) is 7.11 Å². The minimum Gasteiger partial charge on any atom is -0.497 e. The summed E-state index contributed by atoms with van der Waals surface area (Å²) in [4.78, 5) is 14.8. The summed E-state index contributed by atoms with van der Waals surface area (Å²) in [5.41, 5.74) is 1.30. The van der Waals surface area contributed by atoms with E-state index in [0.29, 0.717) is 11.7 Å². The van der Waals surface area contributed by atoms with Crippen LogP contribution in [0.5, 0.6) is 11.5 Å². The van der Waals surface area contributed by atoms with Gasteiger partial charge in [0.2, 0.25) is 0 Å². The van der Waals surface area contributed by atoms with E-state index >= 15 is 0 Å². The maximum Gasteiger partial charge on any atom is 0.263 e. The maximum atomic E-state index is 12.8. The van der Waals surface area contributed by atoms with E-state index in [-0.39, 0.29) is 11.9 Å². The van der Waals surface area contributed by atoms with Crippen LogP contribution in [0.2, 0.25) is 0 Å². The van der Waals surface area contributed by atoms with E-state index in [0.717, 1.165) is 18.7 Å². The fourth-order valence-corrected chi connectivity index (χ4v) is 3.54. The molecule has 3 rings (SSSR count). The zero-order valence-electron chi connectivity index (χ0n) is 15.0. The second-order valence-electron chi connectivity index (χ2n) is 6.51. The van der Waals surface area contributed by atoms with Crippen LogP contribution in [0.1, 0.15) is 31.7 Å². The molecule has 2 aromatic rings. The summed E-state index contributed by atoms with van der Waals surface area (Å²) in [6.07, 6.45) is 0.483. The second-order valence-corrected chi connectivity index (χ2v) is 6.51. The van der Waals surface area contributed by atoms with Crippen molar-refractivity contribution >= 4 is 5.91 Å². The number of rotatable bonds is 5. The Kier molecular flexibility index (Phi) is 5.27. The topological polar surface area (TPSA) is 38.8 Å². The number of hydrogen-bond donors (Lipinski definition) is 0. The lowest BCUT2D eigenvalue weighted by Gasteiger charge is -2.28. The van der Waals surface area contributed by atoms with Gasteiger partial charge in [0.1, 0.15) is 11.5 Å². The van der Waals surface area contributed by atoms with E-state index in [1.807, 2.05) is 42.2 Å². The number of benzene rings is 2. The minimum absolute atomic E-state index is 0.0433. The van der Waals surface area contributed by atoms with Crippen molar-refractivity contribution in [3.63, 3.8) is 0 Å². The molecule has 1 aliphatic heterocycles. The number of carbonyl (C=O) groups excluding carboxylic acids is 1. The quantitative estimate of drug-likeness (QED) is 0.830. The number of methoxy groups -OCH3 is 1. The lowest BCUT2D eigenvalue weighted by Crippen LogP contribution is -2.43. The maximum absolute atomic E-state index is 12.8. The molecule has 4 nitrogen and oxygen atoms in total. The van der Waals surface area contributed by atoms with Gasteiger partial charge in [0.15, 0.2) is 6.10 Å². The number of hydrogen-bond acceptors (Lipinski definition) is 3. The zero-order valence-corrected chi connectivity index (χ0v) is 15.0. The monoisotopic (exact) mass is 339 g/mol. The molecule has 132 valence electrons. The van der Waals surface area contributed by atoms with Crippen LogP contribution in [0, 0.1) is 0 Å². The van der Waals surface area contributed by atoms with Crippen molar-refractivity contribution in [3.8, 4) is 11.5 Å². The summed E-state index contributed by atoms with van der Waals surface area (Å²) in [6.45, 7) is 4.72. The van der Waals surface area contributed by atoms with Crippen LogP contribution in [-0.4, -0.2) is 36.6 Å². The van der Waals surface area contributed by atoms with Gasteiger partial charge in [-0.25, -0.2) is 0 Å². The molecular formula is C21H25NO3. The summed E-state index contributed by atoms with van der Waals surface area (Å²) in [6, 6.07) is 17.9. The van der Waals surface area contributed by atoms with Gasteiger partial charge >= 0.3 is 0 Å². The smallest absolute Gasteiger partial charge is 0.263 e. The fourth-order valence-electron chi connectivity index (χ4n) is 3.54. The van der Waals surface area contributed by atoms with E-state index < -0.39 is 6.10 Å². The van der Waals surface area contributed by atoms with Gasteiger partial charge in [-0.05, 0) is 50.1 Å². The van der Waals surface area contributed by atoms with Gasteiger partial charge in [-0.15, -0.1) is 0 Å². The van der Waals surface area contributed by atoms with Crippen LogP contribution in [0.15, 0.2) is 54.6 Å². The first-order valence-electron chi connectivity index (χ1n) is 8.76. The van der Waals surface area contributed by atoms with Crippen LogP contribution in [0.4, 0.5) is 0 Å². The minimum atomic E-state index is -0.509. The summed E-state index contributed by atoms with van der Waals surface area (Å²) in [7, 11) is 1.62. The Bertz CT molecular complexity index is 699. The Hall–Kier alpha value is -2.49. The van der Waals surface area contributed by atoms with Crippen LogP contribution in [0.3, 0.4) is 0 Å². The summed E-state index contributed by atoms with van der Waals surface area (Å²) in [5, 5.41) is 0. The molecule has 4 heteroatoms. The Morgan fingerprint density at radius 2 is 1.72 bits per heavy atom. The molecule has 25 heavy (non-hydrogen) atoms. The first-order chi connectivity index (χ1) is 12.1. The number of likely N-dealkylation sites (tertiary alicyclic amines) is 1. The van der Waals surface area contributed by atoms with Gasteiger partial charge in [-0.2, -0.15) is 0 Å². The first kappa shape index (κ1) is 17.3. The molecular weight excluding hydrogens is 314 g/mol. The van der Waals surface area contributed by atoms with Crippen LogP contribution < -0.4 is 9.47 Å². The molecule has 0 saturated carbocycles. The van der Waals surface area contributed by atoms with Crippen molar-refractivity contribution in [1.29, 1.82) is 0 Å². The molecule has 0 bridgehead atoms. The summed E-state index contributed by atoms with van der Waals surface area (Å²) < 4.78 is 11.0. The van der Waals surface area contributed by atoms with Crippen molar-refractivity contribution < 1.29 is 14.3 Å². The molecule has 0 radical (unpaired) electrons. The molecule has 1 heterocycles. The number of carbonyl (C=O) groups is 1. The fraction of sp³-hybridized carbons (Fsp3) is 0.381. The zero-order chi connectivity index (χ0) is 17.8. The lowest BCUT2D eigenvalue weighted by molar-refractivity contribution is -0.138. The first-order valence-corrected chi connectivity index (χ1v) is 8.76. The number of nitrogens with zero attached hydrogens (tertiary/aromatic N) is 1. The molecule has 0 aromatic heterocycles. The molecule has 1 saturated heterocycles. The van der Waals surface area contributed by atoms with Crippen LogP contribution in [0.25, 0.3) is 0 Å². The average molecular weight is 339 g/mol. The van der Waals surface area contributed by atoms with Crippen molar-refractivity contribution in [1.82, 2.24) is 4.90 Å².